The first kappa shape index (κ1) is 9.26. The fraction of sp³-hybridized carbons (Fsp3) is 0.857. The summed E-state index contributed by atoms with van der Waals surface area (Å²) in [4.78, 5) is 0. The number of ether oxygens (including phenoxy) is 1. The van der Waals surface area contributed by atoms with Gasteiger partial charge in [-0.15, -0.1) is 0 Å². The second-order valence-corrected chi connectivity index (χ2v) is 6.60. The van der Waals surface area contributed by atoms with E-state index in [2.05, 4.69) is 20.1 Å². The van der Waals surface area contributed by atoms with Gasteiger partial charge in [0.2, 0.25) is 0 Å². The molecular weight excluding hydrogens is 131 g/mol. The SMILES string of the molecule is C=P(CC)(CC)COC. The first-order chi connectivity index (χ1) is 4.18. The van der Waals surface area contributed by atoms with Crippen molar-refractivity contribution in [1.29, 1.82) is 0 Å². The molecule has 9 heavy (non-hydrogen) atoms. The molecule has 2 heteroatoms. The summed E-state index contributed by atoms with van der Waals surface area (Å²) in [7, 11) is 1.76. The average molecular weight is 148 g/mol. The summed E-state index contributed by atoms with van der Waals surface area (Å²) in [5.41, 5.74) is 0. The van der Waals surface area contributed by atoms with E-state index in [4.69, 9.17) is 4.74 Å². The minimum atomic E-state index is -0.903. The van der Waals surface area contributed by atoms with E-state index >= 15 is 0 Å². The van der Waals surface area contributed by atoms with E-state index in [0.29, 0.717) is 0 Å². The van der Waals surface area contributed by atoms with Crippen LogP contribution < -0.4 is 0 Å². The molecule has 56 valence electrons. The van der Waals surface area contributed by atoms with E-state index in [1.807, 2.05) is 0 Å². The Balaban J connectivity index is 3.78. The molecule has 0 aliphatic heterocycles. The van der Waals surface area contributed by atoms with E-state index in [1.165, 1.54) is 12.3 Å². The lowest BCUT2D eigenvalue weighted by Gasteiger charge is -2.18. The van der Waals surface area contributed by atoms with Crippen molar-refractivity contribution in [2.45, 2.75) is 13.8 Å². The molecule has 0 saturated heterocycles. The van der Waals surface area contributed by atoms with Crippen LogP contribution in [0.4, 0.5) is 0 Å². The molecule has 0 spiro atoms. The van der Waals surface area contributed by atoms with Crippen molar-refractivity contribution in [3.63, 3.8) is 0 Å². The van der Waals surface area contributed by atoms with Crippen LogP contribution in [0.3, 0.4) is 0 Å². The van der Waals surface area contributed by atoms with Gasteiger partial charge in [-0.2, -0.15) is 0 Å². The molecule has 0 N–H and O–H groups in total. The average Bonchev–Trinajstić information content (AvgIpc) is 1.89. The molecule has 0 unspecified atom stereocenters. The second-order valence-electron chi connectivity index (χ2n) is 2.39. The Morgan fingerprint density at radius 1 is 1.33 bits per heavy atom. The van der Waals surface area contributed by atoms with Gasteiger partial charge in [0.15, 0.2) is 0 Å². The van der Waals surface area contributed by atoms with Crippen LogP contribution >= 0.6 is 6.89 Å². The van der Waals surface area contributed by atoms with Gasteiger partial charge in [-0.3, -0.25) is 0 Å². The summed E-state index contributed by atoms with van der Waals surface area (Å²) >= 11 is 0. The lowest BCUT2D eigenvalue weighted by molar-refractivity contribution is 0.254. The topological polar surface area (TPSA) is 9.23 Å². The lowest BCUT2D eigenvalue weighted by Crippen LogP contribution is -1.97. The zero-order chi connectivity index (χ0) is 7.33. The van der Waals surface area contributed by atoms with Crippen molar-refractivity contribution in [1.82, 2.24) is 0 Å². The Morgan fingerprint density at radius 3 is 1.89 bits per heavy atom. The Bertz CT molecular complexity index is 101. The molecule has 0 heterocycles. The first-order valence-electron chi connectivity index (χ1n) is 3.38. The summed E-state index contributed by atoms with van der Waals surface area (Å²) in [6.07, 6.45) is 7.48. The predicted octanol–water partition coefficient (Wildman–Crippen LogP) is 2.08. The number of hydrogen-bond donors (Lipinski definition) is 0. The van der Waals surface area contributed by atoms with E-state index in [0.717, 1.165) is 6.35 Å². The van der Waals surface area contributed by atoms with E-state index in [-0.39, 0.29) is 0 Å². The van der Waals surface area contributed by atoms with Gasteiger partial charge in [-0.1, -0.05) is 27.0 Å². The fourth-order valence-corrected chi connectivity index (χ4v) is 2.04. The van der Waals surface area contributed by atoms with Gasteiger partial charge >= 0.3 is 0 Å². The van der Waals surface area contributed by atoms with Gasteiger partial charge in [-0.05, 0) is 12.3 Å². The molecule has 0 fully saturated rings. The largest absolute Gasteiger partial charge is 0.380 e. The molecule has 0 aliphatic rings. The molecule has 0 aromatic carbocycles. The summed E-state index contributed by atoms with van der Waals surface area (Å²) in [6, 6.07) is 0. The molecule has 1 nitrogen and oxygen atoms in total. The van der Waals surface area contributed by atoms with Gasteiger partial charge in [-0.25, -0.2) is 0 Å². The monoisotopic (exact) mass is 148 g/mol. The van der Waals surface area contributed by atoms with Crippen LogP contribution in [0.1, 0.15) is 13.8 Å². The zero-order valence-electron chi connectivity index (χ0n) is 6.68. The molecule has 0 aromatic rings. The van der Waals surface area contributed by atoms with Crippen LogP contribution in [-0.4, -0.2) is 32.1 Å². The third kappa shape index (κ3) is 3.07. The van der Waals surface area contributed by atoms with Crippen LogP contribution in [0.2, 0.25) is 0 Å². The van der Waals surface area contributed by atoms with Crippen LogP contribution in [0.5, 0.6) is 0 Å². The third-order valence-electron chi connectivity index (χ3n) is 1.74. The van der Waals surface area contributed by atoms with Gasteiger partial charge < -0.3 is 4.74 Å². The summed E-state index contributed by atoms with van der Waals surface area (Å²) in [5.74, 6) is 0. The highest BCUT2D eigenvalue weighted by Crippen LogP contribution is 2.43. The fourth-order valence-electron chi connectivity index (χ4n) is 0.680. The lowest BCUT2D eigenvalue weighted by atomic mass is 11.0. The second kappa shape index (κ2) is 4.14. The predicted molar refractivity (Wildman–Crippen MR) is 47.0 cm³/mol. The molecule has 0 amide bonds. The van der Waals surface area contributed by atoms with Crippen molar-refractivity contribution in [2.75, 3.05) is 25.8 Å². The van der Waals surface area contributed by atoms with Gasteiger partial charge in [0.1, 0.15) is 0 Å². The molecule has 0 bridgehead atoms. The number of rotatable bonds is 4. The maximum atomic E-state index is 5.08. The zero-order valence-corrected chi connectivity index (χ0v) is 7.58. The molecule has 0 radical (unpaired) electrons. The number of hydrogen-bond acceptors (Lipinski definition) is 1. The maximum absolute atomic E-state index is 5.08. The number of methoxy groups -OCH3 is 1. The summed E-state index contributed by atoms with van der Waals surface area (Å²) < 4.78 is 5.08. The van der Waals surface area contributed by atoms with Crippen molar-refractivity contribution < 1.29 is 4.74 Å². The van der Waals surface area contributed by atoms with Crippen molar-refractivity contribution in [3.8, 4) is 0 Å². The Morgan fingerprint density at radius 2 is 1.78 bits per heavy atom. The summed E-state index contributed by atoms with van der Waals surface area (Å²) in [6.45, 7) is 3.49. The van der Waals surface area contributed by atoms with Crippen molar-refractivity contribution >= 4 is 13.2 Å². The molecule has 0 rings (SSSR count). The first-order valence-corrected chi connectivity index (χ1v) is 5.91. The van der Waals surface area contributed by atoms with E-state index in [1.54, 1.807) is 7.11 Å². The highest BCUT2D eigenvalue weighted by molar-refractivity contribution is 7.73. The Hall–Kier alpha value is 0.260. The smallest absolute Gasteiger partial charge is 0.0648 e. The minimum Gasteiger partial charge on any atom is -0.380 e. The van der Waals surface area contributed by atoms with Gasteiger partial charge in [0.05, 0.1) is 6.35 Å². The van der Waals surface area contributed by atoms with Crippen molar-refractivity contribution in [3.05, 3.63) is 0 Å². The molecule has 0 aliphatic carbocycles. The highest BCUT2D eigenvalue weighted by Gasteiger charge is 2.06. The molecule has 0 atom stereocenters. The molecular formula is C7H17OP. The quantitative estimate of drug-likeness (QED) is 0.554. The molecule has 0 saturated carbocycles. The molecule has 0 aromatic heterocycles. The Labute approximate surface area is 58.4 Å². The minimum absolute atomic E-state index is 0.889. The van der Waals surface area contributed by atoms with Crippen LogP contribution in [0, 0.1) is 0 Å². The third-order valence-corrected chi connectivity index (χ3v) is 5.23. The highest BCUT2D eigenvalue weighted by atomic mass is 31.2. The Kier molecular flexibility index (Phi) is 4.26. The normalized spacial score (nSPS) is 11.9. The van der Waals surface area contributed by atoms with Crippen LogP contribution in [0.25, 0.3) is 0 Å². The standard InChI is InChI=1S/C7H17OP/c1-5-9(4,6-2)7-8-3/h4-7H2,1-3H3. The van der Waals surface area contributed by atoms with E-state index in [9.17, 15) is 0 Å². The van der Waals surface area contributed by atoms with E-state index < -0.39 is 6.89 Å². The maximum Gasteiger partial charge on any atom is 0.0648 e. The van der Waals surface area contributed by atoms with Gasteiger partial charge in [0.25, 0.3) is 0 Å². The van der Waals surface area contributed by atoms with Crippen LogP contribution in [0.15, 0.2) is 0 Å². The van der Waals surface area contributed by atoms with Crippen molar-refractivity contribution in [2.24, 2.45) is 0 Å². The summed E-state index contributed by atoms with van der Waals surface area (Å²) in [5, 5.41) is 0. The van der Waals surface area contributed by atoms with Crippen LogP contribution in [-0.2, 0) is 4.74 Å². The van der Waals surface area contributed by atoms with Gasteiger partial charge in [0, 0.05) is 7.11 Å².